The van der Waals surface area contributed by atoms with E-state index in [4.69, 9.17) is 0 Å². The molecule has 0 saturated carbocycles. The summed E-state index contributed by atoms with van der Waals surface area (Å²) in [5, 5.41) is 18.2. The van der Waals surface area contributed by atoms with Crippen molar-refractivity contribution in [1.82, 2.24) is 19.9 Å². The predicted octanol–water partition coefficient (Wildman–Crippen LogP) is 13.6. The molecule has 4 nitrogen and oxygen atoms in total. The van der Waals surface area contributed by atoms with E-state index in [0.717, 1.165) is 44.8 Å². The van der Waals surface area contributed by atoms with E-state index in [0.29, 0.717) is 0 Å². The molecule has 11 aromatic rings. The van der Waals surface area contributed by atoms with Crippen LogP contribution in [0.3, 0.4) is 0 Å². The number of nitrogens with zero attached hydrogens (tertiary/aromatic N) is 2. The van der Waals surface area contributed by atoms with Crippen molar-refractivity contribution < 1.29 is 19.8 Å². The molecule has 0 fully saturated rings. The van der Waals surface area contributed by atoms with Crippen LogP contribution in [0, 0.1) is 0 Å². The Morgan fingerprint density at radius 1 is 0.288 bits per heavy atom. The van der Waals surface area contributed by atoms with Gasteiger partial charge in [0.1, 0.15) is 0 Å². The molecule has 13 rings (SSSR count). The third-order valence-electron chi connectivity index (χ3n) is 11.5. The van der Waals surface area contributed by atoms with Crippen LogP contribution in [0.25, 0.3) is 122 Å². The van der Waals surface area contributed by atoms with E-state index in [1.807, 2.05) is 48.6 Å². The van der Waals surface area contributed by atoms with Crippen LogP contribution in [0.4, 0.5) is 0 Å². The number of rotatable bonds is 0. The molecule has 0 radical (unpaired) electrons. The van der Waals surface area contributed by atoms with Gasteiger partial charge in [-0.3, -0.25) is 0 Å². The second-order valence-corrected chi connectivity index (χ2v) is 16.7. The van der Waals surface area contributed by atoms with Gasteiger partial charge in [-0.2, -0.15) is 0 Å². The van der Waals surface area contributed by atoms with Crippen LogP contribution >= 0.6 is 0 Å². The standard InChI is InChI=1S/C34H19.C20H14N4.Pt/c1-2-7-23-13-29-18-32-20-34-26(16-30(32)17-28(29)12-22(23)6-1)10-9-25-15-27-11-21-5-3-4-8-24(21)14-31(27)19-33(25)34;1-2-14-10-16-5-6-18(23-16)12-20-8-7-19(24-20)11-17-4-3-15(22-17)9-13(1)21-14;/h1-7,9-20H;1-12,21,24H;. The Bertz CT molecular complexity index is 3640. The Morgan fingerprint density at radius 2 is 0.627 bits per heavy atom. The zero-order chi connectivity index (χ0) is 39.0. The van der Waals surface area contributed by atoms with Crippen LogP contribution in [0.15, 0.2) is 164 Å². The molecule has 0 aliphatic carbocycles. The number of aromatic amines is 2. The van der Waals surface area contributed by atoms with Gasteiger partial charge in [0.2, 0.25) is 0 Å². The topological polar surface area (TPSA) is 57.4 Å². The Kier molecular flexibility index (Phi) is 7.76. The van der Waals surface area contributed by atoms with Crippen molar-refractivity contribution in [3.8, 4) is 0 Å². The van der Waals surface area contributed by atoms with Crippen molar-refractivity contribution >= 4 is 126 Å². The van der Waals surface area contributed by atoms with Gasteiger partial charge in [-0.15, -0.1) is 0 Å². The average molecular weight is 933 g/mol. The molecular weight excluding hydrogens is 900 g/mol. The van der Waals surface area contributed by atoms with E-state index < -0.39 is 0 Å². The SMILES string of the molecule is C1=Cc2cc3ccc(cc4nc(cc5ccc(cc1n2)[nH]5)C=C4)[nH]3.[Pt][c]1cccc2cc3cc4ccc5cc6cc7cc8ccccc8cc7cc6cc5c4cc3cc12. The summed E-state index contributed by atoms with van der Waals surface area (Å²) in [6.45, 7) is 0. The van der Waals surface area contributed by atoms with Crippen LogP contribution in [0.5, 0.6) is 0 Å². The van der Waals surface area contributed by atoms with Crippen molar-refractivity contribution in [2.24, 2.45) is 0 Å². The molecule has 0 saturated heterocycles. The van der Waals surface area contributed by atoms with Crippen LogP contribution < -0.4 is 3.95 Å². The fourth-order valence-electron chi connectivity index (χ4n) is 8.66. The molecule has 5 heterocycles. The van der Waals surface area contributed by atoms with Gasteiger partial charge in [-0.05, 0) is 89.7 Å². The zero-order valence-corrected chi connectivity index (χ0v) is 33.9. The molecule has 8 bridgehead atoms. The Morgan fingerprint density at radius 3 is 1.08 bits per heavy atom. The van der Waals surface area contributed by atoms with Crippen LogP contribution in [0.1, 0.15) is 22.8 Å². The van der Waals surface area contributed by atoms with Gasteiger partial charge in [0.15, 0.2) is 0 Å². The second-order valence-electron chi connectivity index (χ2n) is 15.5. The molecule has 3 aromatic heterocycles. The maximum absolute atomic E-state index is 4.63. The fourth-order valence-corrected chi connectivity index (χ4v) is 9.37. The van der Waals surface area contributed by atoms with Gasteiger partial charge >= 0.3 is 173 Å². The van der Waals surface area contributed by atoms with E-state index in [2.05, 4.69) is 179 Å². The van der Waals surface area contributed by atoms with Gasteiger partial charge in [0.25, 0.3) is 0 Å². The van der Waals surface area contributed by atoms with Gasteiger partial charge in [-0.25, -0.2) is 9.97 Å². The first-order chi connectivity index (χ1) is 29.0. The Hall–Kier alpha value is -7.13. The normalized spacial score (nSPS) is 12.4. The van der Waals surface area contributed by atoms with Crippen molar-refractivity contribution in [1.29, 1.82) is 0 Å². The van der Waals surface area contributed by atoms with Crippen molar-refractivity contribution in [2.75, 3.05) is 0 Å². The minimum absolute atomic E-state index is 0.939. The monoisotopic (exact) mass is 932 g/mol. The number of benzene rings is 8. The molecule has 0 atom stereocenters. The summed E-state index contributed by atoms with van der Waals surface area (Å²) < 4.78 is 1.30. The van der Waals surface area contributed by atoms with E-state index in [9.17, 15) is 0 Å². The molecule has 279 valence electrons. The number of nitrogens with one attached hydrogen (secondary N) is 2. The summed E-state index contributed by atoms with van der Waals surface area (Å²) >= 11 is 2.43. The van der Waals surface area contributed by atoms with Crippen LogP contribution in [-0.2, 0) is 19.8 Å². The third-order valence-corrected chi connectivity index (χ3v) is 12.5. The molecule has 8 aromatic carbocycles. The van der Waals surface area contributed by atoms with Crippen LogP contribution in [0.2, 0.25) is 0 Å². The molecule has 2 aliphatic rings. The third kappa shape index (κ3) is 6.30. The van der Waals surface area contributed by atoms with E-state index in [-0.39, 0.29) is 0 Å². The molecule has 0 unspecified atom stereocenters. The summed E-state index contributed by atoms with van der Waals surface area (Å²) in [6.07, 6.45) is 8.09. The zero-order valence-electron chi connectivity index (χ0n) is 31.6. The molecule has 0 spiro atoms. The second kappa shape index (κ2) is 13.5. The number of aromatic nitrogens is 4. The molecule has 59 heavy (non-hydrogen) atoms. The van der Waals surface area contributed by atoms with Gasteiger partial charge in [0, 0.05) is 22.1 Å². The molecular formula is C54H33N4Pt. The summed E-state index contributed by atoms with van der Waals surface area (Å²) in [6, 6.07) is 59.5. The van der Waals surface area contributed by atoms with Gasteiger partial charge in [-0.1, -0.05) is 24.3 Å². The van der Waals surface area contributed by atoms with Crippen molar-refractivity contribution in [2.45, 2.75) is 0 Å². The molecule has 0 amide bonds. The predicted molar refractivity (Wildman–Crippen MR) is 247 cm³/mol. The van der Waals surface area contributed by atoms with Gasteiger partial charge in [0.05, 0.1) is 22.8 Å². The fraction of sp³-hybridized carbons (Fsp3) is 0. The first-order valence-electron chi connectivity index (χ1n) is 19.8. The van der Waals surface area contributed by atoms with E-state index in [1.165, 1.54) is 79.4 Å². The Labute approximate surface area is 350 Å². The average Bonchev–Trinajstić information content (AvgIpc) is 4.08. The van der Waals surface area contributed by atoms with E-state index in [1.54, 1.807) is 0 Å². The summed E-state index contributed by atoms with van der Waals surface area (Å²) in [7, 11) is 0. The van der Waals surface area contributed by atoms with Gasteiger partial charge < -0.3 is 9.97 Å². The first kappa shape index (κ1) is 34.0. The first-order valence-corrected chi connectivity index (χ1v) is 20.9. The number of H-pyrrole nitrogens is 2. The number of hydrogen-bond donors (Lipinski definition) is 2. The molecule has 2 N–H and O–H groups in total. The summed E-state index contributed by atoms with van der Waals surface area (Å²) in [5.74, 6) is 0. The maximum atomic E-state index is 4.63. The minimum atomic E-state index is 0.939. The van der Waals surface area contributed by atoms with Crippen LogP contribution in [-0.4, -0.2) is 19.9 Å². The number of hydrogen-bond acceptors (Lipinski definition) is 2. The Balaban J connectivity index is 0.000000137. The summed E-state index contributed by atoms with van der Waals surface area (Å²) in [4.78, 5) is 16.0. The molecule has 5 heteroatoms. The van der Waals surface area contributed by atoms with Crippen molar-refractivity contribution in [3.05, 3.63) is 187 Å². The van der Waals surface area contributed by atoms with E-state index >= 15 is 0 Å². The van der Waals surface area contributed by atoms with Crippen molar-refractivity contribution in [3.63, 3.8) is 0 Å². The number of fused-ring (bicyclic) bond motifs is 16. The quantitative estimate of drug-likeness (QED) is 0.118. The molecule has 2 aliphatic heterocycles. The summed E-state index contributed by atoms with van der Waals surface area (Å²) in [5.41, 5.74) is 7.86.